The van der Waals surface area contributed by atoms with Gasteiger partial charge in [0, 0.05) is 0 Å². The summed E-state index contributed by atoms with van der Waals surface area (Å²) in [6.45, 7) is 0.806. The van der Waals surface area contributed by atoms with Gasteiger partial charge in [0.15, 0.2) is 6.10 Å². The van der Waals surface area contributed by atoms with Gasteiger partial charge in [-0.3, -0.25) is 9.59 Å². The summed E-state index contributed by atoms with van der Waals surface area (Å²) in [5.74, 6) is -0.981. The van der Waals surface area contributed by atoms with Crippen molar-refractivity contribution in [2.24, 2.45) is 0 Å². The minimum atomic E-state index is -4.11. The second-order valence-corrected chi connectivity index (χ2v) is 6.50. The highest BCUT2D eigenvalue weighted by Crippen LogP contribution is 2.31. The summed E-state index contributed by atoms with van der Waals surface area (Å²) in [7, 11) is -3.03. The number of carbonyl (C=O) groups is 2. The number of amides is 1. The molecule has 23 heavy (non-hydrogen) atoms. The Kier molecular flexibility index (Phi) is 4.88. The third kappa shape index (κ3) is 3.60. The van der Waals surface area contributed by atoms with Crippen molar-refractivity contribution in [2.75, 3.05) is 19.0 Å². The van der Waals surface area contributed by atoms with Crippen molar-refractivity contribution < 1.29 is 32.6 Å². The molecule has 1 amide bonds. The summed E-state index contributed by atoms with van der Waals surface area (Å²) >= 11 is 0. The van der Waals surface area contributed by atoms with Crippen molar-refractivity contribution in [3.63, 3.8) is 0 Å². The van der Waals surface area contributed by atoms with Gasteiger partial charge >= 0.3 is 5.97 Å². The maximum Gasteiger partial charge on any atom is 0.326 e. The van der Waals surface area contributed by atoms with Crippen LogP contribution in [-0.4, -0.2) is 51.3 Å². The van der Waals surface area contributed by atoms with Gasteiger partial charge in [0.05, 0.1) is 24.3 Å². The summed E-state index contributed by atoms with van der Waals surface area (Å²) in [6, 6.07) is 2.43. The summed E-state index contributed by atoms with van der Waals surface area (Å²) in [4.78, 5) is 22.8. The van der Waals surface area contributed by atoms with Crippen LogP contribution in [0, 0.1) is 0 Å². The van der Waals surface area contributed by atoms with E-state index in [1.54, 1.807) is 6.92 Å². The number of nitrogens with one attached hydrogen (secondary N) is 2. The molecular weight excluding hydrogens is 328 g/mol. The SMILES string of the molecule is COC(=O)[C@H](CO)NS(=O)(=O)c1ccc2c(c1)NC(=O)[C@H](C)O2. The van der Waals surface area contributed by atoms with E-state index in [0.717, 1.165) is 7.11 Å². The van der Waals surface area contributed by atoms with Crippen LogP contribution in [-0.2, 0) is 24.3 Å². The highest BCUT2D eigenvalue weighted by atomic mass is 32.2. The average Bonchev–Trinajstić information content (AvgIpc) is 2.52. The van der Waals surface area contributed by atoms with Crippen LogP contribution in [0.3, 0.4) is 0 Å². The van der Waals surface area contributed by atoms with E-state index in [4.69, 9.17) is 9.84 Å². The van der Waals surface area contributed by atoms with Crippen LogP contribution in [0.25, 0.3) is 0 Å². The Hall–Kier alpha value is -2.17. The fourth-order valence-corrected chi connectivity index (χ4v) is 3.11. The number of hydrogen-bond donors (Lipinski definition) is 3. The molecule has 1 aromatic rings. The molecule has 1 aromatic carbocycles. The molecule has 10 heteroatoms. The third-order valence-corrected chi connectivity index (χ3v) is 4.63. The standard InChI is InChI=1S/C13H16N2O7S/c1-7-12(17)14-9-5-8(3-4-11(9)22-7)23(19,20)15-10(6-16)13(18)21-2/h3-5,7,10,15-16H,6H2,1-2H3,(H,14,17)/t7-,10-/m0/s1. The van der Waals surface area contributed by atoms with Gasteiger partial charge in [-0.05, 0) is 25.1 Å². The fourth-order valence-electron chi connectivity index (χ4n) is 1.91. The predicted octanol–water partition coefficient (Wildman–Crippen LogP) is -0.782. The molecule has 0 radical (unpaired) electrons. The number of rotatable bonds is 5. The fraction of sp³-hybridized carbons (Fsp3) is 0.385. The largest absolute Gasteiger partial charge is 0.479 e. The summed E-state index contributed by atoms with van der Waals surface area (Å²) < 4.78 is 36.3. The molecule has 0 saturated carbocycles. The molecule has 1 heterocycles. The molecule has 0 bridgehead atoms. The lowest BCUT2D eigenvalue weighted by molar-refractivity contribution is -0.143. The molecule has 3 N–H and O–H groups in total. The molecule has 0 saturated heterocycles. The Morgan fingerprint density at radius 1 is 1.52 bits per heavy atom. The lowest BCUT2D eigenvalue weighted by Crippen LogP contribution is -2.44. The van der Waals surface area contributed by atoms with Gasteiger partial charge in [-0.2, -0.15) is 4.72 Å². The summed E-state index contributed by atoms with van der Waals surface area (Å²) in [6.07, 6.45) is -0.679. The van der Waals surface area contributed by atoms with Crippen molar-refractivity contribution in [3.05, 3.63) is 18.2 Å². The van der Waals surface area contributed by atoms with Gasteiger partial charge in [-0.25, -0.2) is 8.42 Å². The zero-order valence-corrected chi connectivity index (χ0v) is 13.2. The van der Waals surface area contributed by atoms with Crippen molar-refractivity contribution in [2.45, 2.75) is 24.0 Å². The molecule has 0 aliphatic carbocycles. The Labute approximate surface area is 132 Å². The van der Waals surface area contributed by atoms with Crippen LogP contribution >= 0.6 is 0 Å². The maximum absolute atomic E-state index is 12.3. The van der Waals surface area contributed by atoms with E-state index in [-0.39, 0.29) is 10.6 Å². The molecule has 126 valence electrons. The van der Waals surface area contributed by atoms with Crippen LogP contribution < -0.4 is 14.8 Å². The first kappa shape index (κ1) is 17.2. The Balaban J connectivity index is 2.29. The van der Waals surface area contributed by atoms with E-state index in [9.17, 15) is 18.0 Å². The van der Waals surface area contributed by atoms with Gasteiger partial charge in [0.1, 0.15) is 11.8 Å². The number of aliphatic hydroxyl groups is 1. The molecule has 0 fully saturated rings. The number of methoxy groups -OCH3 is 1. The molecule has 0 unspecified atom stereocenters. The number of aliphatic hydroxyl groups excluding tert-OH is 1. The summed E-state index contributed by atoms with van der Waals surface area (Å²) in [5.41, 5.74) is 0.203. The second kappa shape index (κ2) is 6.52. The lowest BCUT2D eigenvalue weighted by atomic mass is 10.2. The van der Waals surface area contributed by atoms with Gasteiger partial charge in [0.25, 0.3) is 5.91 Å². The Bertz CT molecular complexity index is 732. The zero-order valence-electron chi connectivity index (χ0n) is 12.4. The van der Waals surface area contributed by atoms with Crippen LogP contribution in [0.1, 0.15) is 6.92 Å². The van der Waals surface area contributed by atoms with Crippen molar-refractivity contribution in [1.82, 2.24) is 4.72 Å². The molecule has 2 rings (SSSR count). The minimum Gasteiger partial charge on any atom is -0.479 e. The quantitative estimate of drug-likeness (QED) is 0.597. The number of anilines is 1. The van der Waals surface area contributed by atoms with E-state index >= 15 is 0 Å². The van der Waals surface area contributed by atoms with Crippen LogP contribution in [0.4, 0.5) is 5.69 Å². The Morgan fingerprint density at radius 2 is 2.22 bits per heavy atom. The minimum absolute atomic E-state index is 0.197. The van der Waals surface area contributed by atoms with E-state index in [0.29, 0.717) is 5.75 Å². The van der Waals surface area contributed by atoms with E-state index in [1.165, 1.54) is 18.2 Å². The molecule has 9 nitrogen and oxygen atoms in total. The first-order valence-corrected chi connectivity index (χ1v) is 8.09. The molecule has 2 atom stereocenters. The van der Waals surface area contributed by atoms with Gasteiger partial charge < -0.3 is 19.9 Å². The topological polar surface area (TPSA) is 131 Å². The second-order valence-electron chi connectivity index (χ2n) is 4.79. The van der Waals surface area contributed by atoms with Crippen LogP contribution in [0.15, 0.2) is 23.1 Å². The molecule has 0 aromatic heterocycles. The highest BCUT2D eigenvalue weighted by Gasteiger charge is 2.28. The number of carbonyl (C=O) groups excluding carboxylic acids is 2. The summed E-state index contributed by atoms with van der Waals surface area (Å²) in [5, 5.41) is 11.6. The first-order chi connectivity index (χ1) is 10.8. The van der Waals surface area contributed by atoms with Crippen LogP contribution in [0.5, 0.6) is 5.75 Å². The predicted molar refractivity (Wildman–Crippen MR) is 78.4 cm³/mol. The number of sulfonamides is 1. The lowest BCUT2D eigenvalue weighted by Gasteiger charge is -2.23. The first-order valence-electron chi connectivity index (χ1n) is 6.61. The average molecular weight is 344 g/mol. The third-order valence-electron chi connectivity index (χ3n) is 3.16. The normalized spacial score (nSPS) is 18.4. The van der Waals surface area contributed by atoms with E-state index < -0.39 is 40.7 Å². The molecule has 0 spiro atoms. The van der Waals surface area contributed by atoms with Crippen LogP contribution in [0.2, 0.25) is 0 Å². The van der Waals surface area contributed by atoms with Crippen molar-refractivity contribution in [3.8, 4) is 5.75 Å². The Morgan fingerprint density at radius 3 is 2.83 bits per heavy atom. The number of hydrogen-bond acceptors (Lipinski definition) is 7. The van der Waals surface area contributed by atoms with E-state index in [1.807, 2.05) is 4.72 Å². The smallest absolute Gasteiger partial charge is 0.326 e. The van der Waals surface area contributed by atoms with Crippen molar-refractivity contribution in [1.29, 1.82) is 0 Å². The number of esters is 1. The number of fused-ring (bicyclic) bond motifs is 1. The van der Waals surface area contributed by atoms with Gasteiger partial charge in [-0.15, -0.1) is 0 Å². The number of benzene rings is 1. The maximum atomic E-state index is 12.3. The number of ether oxygens (including phenoxy) is 2. The molecule has 1 aliphatic rings. The van der Waals surface area contributed by atoms with Gasteiger partial charge in [0.2, 0.25) is 10.0 Å². The zero-order chi connectivity index (χ0) is 17.2. The monoisotopic (exact) mass is 344 g/mol. The van der Waals surface area contributed by atoms with E-state index in [2.05, 4.69) is 10.1 Å². The van der Waals surface area contributed by atoms with Gasteiger partial charge in [-0.1, -0.05) is 0 Å². The van der Waals surface area contributed by atoms with Crippen molar-refractivity contribution >= 4 is 27.6 Å². The highest BCUT2D eigenvalue weighted by molar-refractivity contribution is 7.89. The molecule has 1 aliphatic heterocycles. The molecular formula is C13H16N2O7S.